The number of hydrogen-bond acceptors (Lipinski definition) is 4. The molecule has 1 N–H and O–H groups in total. The van der Waals surface area contributed by atoms with Crippen molar-refractivity contribution in [2.45, 2.75) is 6.54 Å². The van der Waals surface area contributed by atoms with E-state index >= 15 is 0 Å². The highest BCUT2D eigenvalue weighted by molar-refractivity contribution is 6.30. The number of amides is 1. The topological polar surface area (TPSA) is 73.7 Å². The third kappa shape index (κ3) is 5.55. The Morgan fingerprint density at radius 3 is 2.56 bits per heavy atom. The number of carbonyl (C=O) groups excluding carboxylic acids is 1. The van der Waals surface area contributed by atoms with Gasteiger partial charge < -0.3 is 14.9 Å². The van der Waals surface area contributed by atoms with Crippen LogP contribution in [-0.4, -0.2) is 59.0 Å². The fourth-order valence-electron chi connectivity index (χ4n) is 2.29. The van der Waals surface area contributed by atoms with Crippen LogP contribution >= 0.6 is 11.6 Å². The number of pyridine rings is 1. The molecule has 0 unspecified atom stereocenters. The van der Waals surface area contributed by atoms with Crippen LogP contribution in [0.25, 0.3) is 0 Å². The van der Waals surface area contributed by atoms with Crippen molar-refractivity contribution in [3.8, 4) is 0 Å². The maximum Gasteiger partial charge on any atom is 0.354 e. The number of nitrogens with zero attached hydrogens (tertiary/aromatic N) is 3. The van der Waals surface area contributed by atoms with Crippen LogP contribution in [0.2, 0.25) is 5.02 Å². The predicted molar refractivity (Wildman–Crippen MR) is 95.9 cm³/mol. The zero-order valence-corrected chi connectivity index (χ0v) is 14.9. The standard InChI is InChI=1S/C18H20ClN3O3/c1-21(2)8-9-22(12-13-4-3-5-15(19)10-13)17(23)14-6-7-20-16(11-14)18(24)25/h3-7,10-11H,8-9,12H2,1-2H3,(H,24,25). The maximum absolute atomic E-state index is 12.9. The van der Waals surface area contributed by atoms with Gasteiger partial charge in [0.05, 0.1) is 0 Å². The fraction of sp³-hybridized carbons (Fsp3) is 0.278. The van der Waals surface area contributed by atoms with Gasteiger partial charge in [-0.25, -0.2) is 9.78 Å². The second-order valence-electron chi connectivity index (χ2n) is 5.89. The molecule has 0 fully saturated rings. The second-order valence-corrected chi connectivity index (χ2v) is 6.33. The van der Waals surface area contributed by atoms with Crippen LogP contribution < -0.4 is 0 Å². The summed E-state index contributed by atoms with van der Waals surface area (Å²) in [5.41, 5.74) is 1.06. The van der Waals surface area contributed by atoms with Crippen molar-refractivity contribution in [1.82, 2.24) is 14.8 Å². The summed E-state index contributed by atoms with van der Waals surface area (Å²) in [6.45, 7) is 1.57. The van der Waals surface area contributed by atoms with Crippen LogP contribution in [0.1, 0.15) is 26.4 Å². The van der Waals surface area contributed by atoms with Crippen molar-refractivity contribution in [3.05, 3.63) is 64.4 Å². The van der Waals surface area contributed by atoms with Gasteiger partial charge in [0.2, 0.25) is 0 Å². The largest absolute Gasteiger partial charge is 0.477 e. The minimum atomic E-state index is -1.16. The zero-order chi connectivity index (χ0) is 18.4. The molecule has 0 atom stereocenters. The molecule has 2 aromatic rings. The smallest absolute Gasteiger partial charge is 0.354 e. The number of halogens is 1. The average Bonchev–Trinajstić information content (AvgIpc) is 2.58. The summed E-state index contributed by atoms with van der Waals surface area (Å²) in [4.78, 5) is 31.4. The Hall–Kier alpha value is -2.44. The van der Waals surface area contributed by atoms with E-state index in [2.05, 4.69) is 4.98 Å². The number of aromatic carboxylic acids is 1. The number of aromatic nitrogens is 1. The van der Waals surface area contributed by atoms with Gasteiger partial charge in [0.25, 0.3) is 5.91 Å². The molecular formula is C18H20ClN3O3. The molecule has 0 aliphatic rings. The molecule has 1 heterocycles. The van der Waals surface area contributed by atoms with Crippen molar-refractivity contribution >= 4 is 23.5 Å². The van der Waals surface area contributed by atoms with Gasteiger partial charge in [-0.1, -0.05) is 23.7 Å². The number of carboxylic acid groups (broad SMARTS) is 1. The Labute approximate surface area is 151 Å². The molecule has 2 rings (SSSR count). The van der Waals surface area contributed by atoms with Crippen LogP contribution in [0, 0.1) is 0 Å². The minimum absolute atomic E-state index is 0.152. The SMILES string of the molecule is CN(C)CCN(Cc1cccc(Cl)c1)C(=O)c1ccnc(C(=O)O)c1. The van der Waals surface area contributed by atoms with Crippen molar-refractivity contribution in [3.63, 3.8) is 0 Å². The highest BCUT2D eigenvalue weighted by Gasteiger charge is 2.18. The average molecular weight is 362 g/mol. The number of hydrogen-bond donors (Lipinski definition) is 1. The molecular weight excluding hydrogens is 342 g/mol. The van der Waals surface area contributed by atoms with Gasteiger partial charge in [-0.3, -0.25) is 4.79 Å². The number of carboxylic acids is 1. The Bertz CT molecular complexity index is 765. The first-order valence-corrected chi connectivity index (χ1v) is 8.12. The monoisotopic (exact) mass is 361 g/mol. The van der Waals surface area contributed by atoms with Gasteiger partial charge in [-0.15, -0.1) is 0 Å². The Morgan fingerprint density at radius 2 is 1.92 bits per heavy atom. The third-order valence-electron chi connectivity index (χ3n) is 3.59. The third-order valence-corrected chi connectivity index (χ3v) is 3.83. The first-order valence-electron chi connectivity index (χ1n) is 7.74. The van der Waals surface area contributed by atoms with Gasteiger partial charge in [-0.2, -0.15) is 0 Å². The molecule has 0 radical (unpaired) electrons. The first kappa shape index (κ1) is 18.9. The van der Waals surface area contributed by atoms with E-state index in [1.54, 1.807) is 11.0 Å². The quantitative estimate of drug-likeness (QED) is 0.820. The second kappa shape index (κ2) is 8.60. The summed E-state index contributed by atoms with van der Waals surface area (Å²) in [5.74, 6) is -1.41. The van der Waals surface area contributed by atoms with Gasteiger partial charge in [-0.05, 0) is 43.9 Å². The molecule has 7 heteroatoms. The highest BCUT2D eigenvalue weighted by Crippen LogP contribution is 2.15. The summed E-state index contributed by atoms with van der Waals surface area (Å²) in [6, 6.07) is 10.1. The predicted octanol–water partition coefficient (Wildman–Crippen LogP) is 2.64. The molecule has 0 spiro atoms. The summed E-state index contributed by atoms with van der Waals surface area (Å²) < 4.78 is 0. The zero-order valence-electron chi connectivity index (χ0n) is 14.1. The highest BCUT2D eigenvalue weighted by atomic mass is 35.5. The number of rotatable bonds is 7. The van der Waals surface area contributed by atoms with Gasteiger partial charge in [0, 0.05) is 36.4 Å². The number of benzene rings is 1. The molecule has 6 nitrogen and oxygen atoms in total. The molecule has 0 aliphatic heterocycles. The Balaban J connectivity index is 2.25. The van der Waals surface area contributed by atoms with E-state index in [0.717, 1.165) is 5.56 Å². The summed E-state index contributed by atoms with van der Waals surface area (Å²) in [5, 5.41) is 9.67. The summed E-state index contributed by atoms with van der Waals surface area (Å²) in [6.07, 6.45) is 1.33. The van der Waals surface area contributed by atoms with Crippen LogP contribution in [0.5, 0.6) is 0 Å². The lowest BCUT2D eigenvalue weighted by atomic mass is 10.1. The van der Waals surface area contributed by atoms with Gasteiger partial charge >= 0.3 is 5.97 Å². The lowest BCUT2D eigenvalue weighted by molar-refractivity contribution is 0.0690. The molecule has 1 amide bonds. The fourth-order valence-corrected chi connectivity index (χ4v) is 2.50. The molecule has 1 aromatic heterocycles. The molecule has 25 heavy (non-hydrogen) atoms. The molecule has 0 saturated heterocycles. The minimum Gasteiger partial charge on any atom is -0.477 e. The van der Waals surface area contributed by atoms with Crippen LogP contribution in [0.3, 0.4) is 0 Å². The van der Waals surface area contributed by atoms with E-state index in [4.69, 9.17) is 16.7 Å². The molecule has 0 bridgehead atoms. The van der Waals surface area contributed by atoms with Crippen molar-refractivity contribution in [2.75, 3.05) is 27.2 Å². The van der Waals surface area contributed by atoms with E-state index in [1.165, 1.54) is 18.3 Å². The summed E-state index contributed by atoms with van der Waals surface area (Å²) in [7, 11) is 3.86. The molecule has 0 saturated carbocycles. The van der Waals surface area contributed by atoms with Crippen molar-refractivity contribution in [2.24, 2.45) is 0 Å². The van der Waals surface area contributed by atoms with E-state index < -0.39 is 5.97 Å². The maximum atomic E-state index is 12.9. The lowest BCUT2D eigenvalue weighted by Crippen LogP contribution is -2.36. The van der Waals surface area contributed by atoms with E-state index in [0.29, 0.717) is 30.2 Å². The van der Waals surface area contributed by atoms with Crippen LogP contribution in [0.4, 0.5) is 0 Å². The first-order chi connectivity index (χ1) is 11.9. The molecule has 0 aliphatic carbocycles. The Kier molecular flexibility index (Phi) is 6.50. The number of likely N-dealkylation sites (N-methyl/N-ethyl adjacent to an activating group) is 1. The van der Waals surface area contributed by atoms with Gasteiger partial charge in [0.15, 0.2) is 0 Å². The Morgan fingerprint density at radius 1 is 1.16 bits per heavy atom. The van der Waals surface area contributed by atoms with E-state index in [-0.39, 0.29) is 11.6 Å². The summed E-state index contributed by atoms with van der Waals surface area (Å²) >= 11 is 6.02. The van der Waals surface area contributed by atoms with Crippen molar-refractivity contribution in [1.29, 1.82) is 0 Å². The van der Waals surface area contributed by atoms with Crippen molar-refractivity contribution < 1.29 is 14.7 Å². The lowest BCUT2D eigenvalue weighted by Gasteiger charge is -2.25. The van der Waals surface area contributed by atoms with Crippen LogP contribution in [0.15, 0.2) is 42.6 Å². The molecule has 1 aromatic carbocycles. The molecule has 132 valence electrons. The number of carbonyl (C=O) groups is 2. The van der Waals surface area contributed by atoms with E-state index in [1.807, 2.05) is 37.2 Å². The normalized spacial score (nSPS) is 10.7. The van der Waals surface area contributed by atoms with Gasteiger partial charge in [0.1, 0.15) is 5.69 Å². The van der Waals surface area contributed by atoms with Crippen LogP contribution in [-0.2, 0) is 6.54 Å². The van der Waals surface area contributed by atoms with E-state index in [9.17, 15) is 9.59 Å².